The largest absolute Gasteiger partial charge is 0.376 e. The van der Waals surface area contributed by atoms with Crippen LogP contribution in [0.3, 0.4) is 0 Å². The van der Waals surface area contributed by atoms with Crippen molar-refractivity contribution in [1.82, 2.24) is 15.0 Å². The van der Waals surface area contributed by atoms with Gasteiger partial charge >= 0.3 is 0 Å². The number of nitrogens with zero attached hydrogens (tertiary/aromatic N) is 4. The standard InChI is InChI=1S/C17H23N5O/c1-22(11-7-14-4-8-18-9-5-14)17-19-10-6-16(21-17)20-13-15-3-2-12-23-15/h4-6,8-10,15H,2-3,7,11-13H2,1H3,(H,19,20,21). The molecule has 3 rings (SSSR count). The molecule has 1 fully saturated rings. The maximum absolute atomic E-state index is 5.62. The molecule has 1 aliphatic rings. The summed E-state index contributed by atoms with van der Waals surface area (Å²) in [7, 11) is 2.01. The molecule has 0 aliphatic carbocycles. The zero-order chi connectivity index (χ0) is 15.9. The second-order valence-electron chi connectivity index (χ2n) is 5.78. The molecule has 0 bridgehead atoms. The smallest absolute Gasteiger partial charge is 0.226 e. The van der Waals surface area contributed by atoms with Crippen molar-refractivity contribution in [3.63, 3.8) is 0 Å². The first-order chi connectivity index (χ1) is 11.3. The minimum Gasteiger partial charge on any atom is -0.376 e. The highest BCUT2D eigenvalue weighted by molar-refractivity contribution is 5.41. The minimum atomic E-state index is 0.304. The van der Waals surface area contributed by atoms with Crippen molar-refractivity contribution in [2.24, 2.45) is 0 Å². The summed E-state index contributed by atoms with van der Waals surface area (Å²) in [5.41, 5.74) is 1.26. The van der Waals surface area contributed by atoms with Crippen LogP contribution in [-0.4, -0.2) is 47.8 Å². The van der Waals surface area contributed by atoms with Gasteiger partial charge < -0.3 is 15.0 Å². The Bertz CT molecular complexity index is 601. The van der Waals surface area contributed by atoms with Gasteiger partial charge in [-0.25, -0.2) is 4.98 Å². The van der Waals surface area contributed by atoms with Crippen molar-refractivity contribution in [3.8, 4) is 0 Å². The van der Waals surface area contributed by atoms with Crippen LogP contribution in [0, 0.1) is 0 Å². The molecule has 0 aromatic carbocycles. The Balaban J connectivity index is 1.53. The van der Waals surface area contributed by atoms with Crippen molar-refractivity contribution in [3.05, 3.63) is 42.4 Å². The van der Waals surface area contributed by atoms with Crippen LogP contribution in [0.25, 0.3) is 0 Å². The first-order valence-corrected chi connectivity index (χ1v) is 8.10. The van der Waals surface area contributed by atoms with Crippen molar-refractivity contribution < 1.29 is 4.74 Å². The number of anilines is 2. The average Bonchev–Trinajstić information content (AvgIpc) is 3.12. The van der Waals surface area contributed by atoms with Gasteiger partial charge in [0, 0.05) is 45.3 Å². The quantitative estimate of drug-likeness (QED) is 0.845. The molecule has 1 atom stereocenters. The lowest BCUT2D eigenvalue weighted by atomic mass is 10.2. The molecule has 6 heteroatoms. The van der Waals surface area contributed by atoms with Crippen LogP contribution >= 0.6 is 0 Å². The van der Waals surface area contributed by atoms with Crippen molar-refractivity contribution in [2.75, 3.05) is 37.0 Å². The molecule has 0 spiro atoms. The minimum absolute atomic E-state index is 0.304. The highest BCUT2D eigenvalue weighted by Crippen LogP contribution is 2.14. The lowest BCUT2D eigenvalue weighted by Gasteiger charge is -2.18. The van der Waals surface area contributed by atoms with Crippen LogP contribution in [0.1, 0.15) is 18.4 Å². The molecular weight excluding hydrogens is 290 g/mol. The number of hydrogen-bond donors (Lipinski definition) is 1. The molecule has 2 aromatic rings. The predicted molar refractivity (Wildman–Crippen MR) is 90.7 cm³/mol. The molecule has 1 aliphatic heterocycles. The average molecular weight is 313 g/mol. The number of nitrogens with one attached hydrogen (secondary N) is 1. The first kappa shape index (κ1) is 15.7. The molecule has 6 nitrogen and oxygen atoms in total. The van der Waals surface area contributed by atoms with E-state index in [0.717, 1.165) is 50.7 Å². The van der Waals surface area contributed by atoms with E-state index >= 15 is 0 Å². The summed E-state index contributed by atoms with van der Waals surface area (Å²) in [6, 6.07) is 5.97. The fraction of sp³-hybridized carbons (Fsp3) is 0.471. The fourth-order valence-corrected chi connectivity index (χ4v) is 2.60. The molecule has 122 valence electrons. The van der Waals surface area contributed by atoms with E-state index in [9.17, 15) is 0 Å². The van der Waals surface area contributed by atoms with Crippen LogP contribution in [0.15, 0.2) is 36.8 Å². The normalized spacial score (nSPS) is 17.2. The van der Waals surface area contributed by atoms with E-state index in [-0.39, 0.29) is 0 Å². The van der Waals surface area contributed by atoms with E-state index in [2.05, 4.69) is 25.2 Å². The van der Waals surface area contributed by atoms with Crippen LogP contribution in [0.2, 0.25) is 0 Å². The first-order valence-electron chi connectivity index (χ1n) is 8.10. The molecule has 1 saturated heterocycles. The van der Waals surface area contributed by atoms with E-state index in [1.165, 1.54) is 5.56 Å². The Morgan fingerprint density at radius 1 is 1.26 bits per heavy atom. The van der Waals surface area contributed by atoms with Gasteiger partial charge in [0.05, 0.1) is 6.10 Å². The lowest BCUT2D eigenvalue weighted by Crippen LogP contribution is -2.24. The number of aromatic nitrogens is 3. The van der Waals surface area contributed by atoms with E-state index < -0.39 is 0 Å². The summed E-state index contributed by atoms with van der Waals surface area (Å²) in [5, 5.41) is 3.34. The Morgan fingerprint density at radius 3 is 2.91 bits per heavy atom. The third-order valence-electron chi connectivity index (χ3n) is 4.00. The molecule has 0 radical (unpaired) electrons. The molecular formula is C17H23N5O. The number of hydrogen-bond acceptors (Lipinski definition) is 6. The second kappa shape index (κ2) is 7.87. The molecule has 1 N–H and O–H groups in total. The van der Waals surface area contributed by atoms with Crippen molar-refractivity contribution >= 4 is 11.8 Å². The maximum Gasteiger partial charge on any atom is 0.226 e. The number of ether oxygens (including phenoxy) is 1. The number of rotatable bonds is 7. The Kier molecular flexibility index (Phi) is 5.37. The van der Waals surface area contributed by atoms with E-state index in [0.29, 0.717) is 6.10 Å². The van der Waals surface area contributed by atoms with Crippen LogP contribution < -0.4 is 10.2 Å². The highest BCUT2D eigenvalue weighted by Gasteiger charge is 2.15. The summed E-state index contributed by atoms with van der Waals surface area (Å²) in [4.78, 5) is 15.0. The summed E-state index contributed by atoms with van der Waals surface area (Å²) >= 11 is 0. The monoisotopic (exact) mass is 313 g/mol. The Hall–Kier alpha value is -2.21. The Labute approximate surface area is 136 Å². The van der Waals surface area contributed by atoms with Crippen molar-refractivity contribution in [2.45, 2.75) is 25.4 Å². The molecule has 0 amide bonds. The topological polar surface area (TPSA) is 63.2 Å². The SMILES string of the molecule is CN(CCc1ccncc1)c1nccc(NCC2CCCO2)n1. The Morgan fingerprint density at radius 2 is 2.13 bits per heavy atom. The predicted octanol–water partition coefficient (Wildman–Crippen LogP) is 2.14. The molecule has 2 aromatic heterocycles. The van der Waals surface area contributed by atoms with Crippen molar-refractivity contribution in [1.29, 1.82) is 0 Å². The third kappa shape index (κ3) is 4.63. The third-order valence-corrected chi connectivity index (χ3v) is 4.00. The zero-order valence-electron chi connectivity index (χ0n) is 13.5. The van der Waals surface area contributed by atoms with E-state index in [1.54, 1.807) is 6.20 Å². The number of likely N-dealkylation sites (N-methyl/N-ethyl adjacent to an activating group) is 1. The van der Waals surface area contributed by atoms with Gasteiger partial charge in [-0.05, 0) is 43.0 Å². The van der Waals surface area contributed by atoms with Crippen LogP contribution in [-0.2, 0) is 11.2 Å². The number of pyridine rings is 1. The van der Waals surface area contributed by atoms with Gasteiger partial charge in [-0.1, -0.05) is 0 Å². The van der Waals surface area contributed by atoms with E-state index in [1.807, 2.05) is 37.6 Å². The summed E-state index contributed by atoms with van der Waals surface area (Å²) < 4.78 is 5.62. The summed E-state index contributed by atoms with van der Waals surface area (Å²) in [6.07, 6.45) is 8.95. The summed E-state index contributed by atoms with van der Waals surface area (Å²) in [5.74, 6) is 1.58. The van der Waals surface area contributed by atoms with Gasteiger partial charge in [0.2, 0.25) is 5.95 Å². The van der Waals surface area contributed by atoms with Gasteiger partial charge in [0.15, 0.2) is 0 Å². The van der Waals surface area contributed by atoms with Crippen LogP contribution in [0.4, 0.5) is 11.8 Å². The van der Waals surface area contributed by atoms with Gasteiger partial charge in [-0.3, -0.25) is 4.98 Å². The van der Waals surface area contributed by atoms with Crippen LogP contribution in [0.5, 0.6) is 0 Å². The second-order valence-corrected chi connectivity index (χ2v) is 5.78. The molecule has 1 unspecified atom stereocenters. The van der Waals surface area contributed by atoms with Gasteiger partial charge in [-0.15, -0.1) is 0 Å². The van der Waals surface area contributed by atoms with E-state index in [4.69, 9.17) is 4.74 Å². The lowest BCUT2D eigenvalue weighted by molar-refractivity contribution is 0.120. The van der Waals surface area contributed by atoms with Gasteiger partial charge in [0.1, 0.15) is 5.82 Å². The zero-order valence-corrected chi connectivity index (χ0v) is 13.5. The maximum atomic E-state index is 5.62. The van der Waals surface area contributed by atoms with Gasteiger partial charge in [0.25, 0.3) is 0 Å². The summed E-state index contributed by atoms with van der Waals surface area (Å²) in [6.45, 7) is 2.54. The molecule has 0 saturated carbocycles. The molecule has 23 heavy (non-hydrogen) atoms. The fourth-order valence-electron chi connectivity index (χ4n) is 2.60. The van der Waals surface area contributed by atoms with Gasteiger partial charge in [-0.2, -0.15) is 4.98 Å². The highest BCUT2D eigenvalue weighted by atomic mass is 16.5. The molecule has 3 heterocycles.